The highest BCUT2D eigenvalue weighted by Crippen LogP contribution is 2.22. The molecule has 1 fully saturated rings. The number of hydrogen-bond acceptors (Lipinski definition) is 5. The number of piperidine rings is 1. The third-order valence-corrected chi connectivity index (χ3v) is 6.84. The fraction of sp³-hybridized carbons (Fsp3) is 0.400. The van der Waals surface area contributed by atoms with E-state index in [0.29, 0.717) is 4.21 Å². The SMILES string of the molecule is Cc1csc(S(=O)(=O)NC2CCN(c3ccccn3)CC2)c1. The predicted molar refractivity (Wildman–Crippen MR) is 88.8 cm³/mol. The van der Waals surface area contributed by atoms with Crippen LogP contribution in [0, 0.1) is 6.92 Å². The lowest BCUT2D eigenvalue weighted by Crippen LogP contribution is -2.44. The van der Waals surface area contributed by atoms with Gasteiger partial charge in [0.2, 0.25) is 10.0 Å². The molecule has 7 heteroatoms. The van der Waals surface area contributed by atoms with Gasteiger partial charge >= 0.3 is 0 Å². The van der Waals surface area contributed by atoms with Gasteiger partial charge in [-0.15, -0.1) is 11.3 Å². The molecule has 0 unspecified atom stereocenters. The fourth-order valence-electron chi connectivity index (χ4n) is 2.59. The standard InChI is InChI=1S/C15H19N3O2S2/c1-12-10-15(21-11-12)22(19,20)17-13-5-8-18(9-6-13)14-4-2-3-7-16-14/h2-4,7,10-11,13,17H,5-6,8-9H2,1H3. The molecule has 3 heterocycles. The second-order valence-corrected chi connectivity index (χ2v) is 8.37. The van der Waals surface area contributed by atoms with Gasteiger partial charge in [-0.2, -0.15) is 0 Å². The van der Waals surface area contributed by atoms with Gasteiger partial charge < -0.3 is 4.90 Å². The highest BCUT2D eigenvalue weighted by molar-refractivity contribution is 7.91. The highest BCUT2D eigenvalue weighted by Gasteiger charge is 2.25. The molecule has 118 valence electrons. The molecule has 1 aliphatic heterocycles. The summed E-state index contributed by atoms with van der Waals surface area (Å²) < 4.78 is 27.9. The molecule has 22 heavy (non-hydrogen) atoms. The lowest BCUT2D eigenvalue weighted by Gasteiger charge is -2.32. The van der Waals surface area contributed by atoms with Crippen LogP contribution in [-0.4, -0.2) is 32.5 Å². The van der Waals surface area contributed by atoms with E-state index in [-0.39, 0.29) is 6.04 Å². The Kier molecular flexibility index (Phi) is 4.46. The Labute approximate surface area is 135 Å². The van der Waals surface area contributed by atoms with E-state index < -0.39 is 10.0 Å². The van der Waals surface area contributed by atoms with Gasteiger partial charge in [0, 0.05) is 25.3 Å². The summed E-state index contributed by atoms with van der Waals surface area (Å²) in [5, 5.41) is 1.86. The zero-order chi connectivity index (χ0) is 15.6. The monoisotopic (exact) mass is 337 g/mol. The fourth-order valence-corrected chi connectivity index (χ4v) is 5.14. The highest BCUT2D eigenvalue weighted by atomic mass is 32.2. The van der Waals surface area contributed by atoms with E-state index in [1.165, 1.54) is 11.3 Å². The second kappa shape index (κ2) is 6.36. The van der Waals surface area contributed by atoms with Gasteiger partial charge in [-0.05, 0) is 48.9 Å². The molecular weight excluding hydrogens is 318 g/mol. The van der Waals surface area contributed by atoms with Crippen molar-refractivity contribution >= 4 is 27.2 Å². The maximum absolute atomic E-state index is 12.3. The largest absolute Gasteiger partial charge is 0.357 e. The van der Waals surface area contributed by atoms with Crippen molar-refractivity contribution in [1.29, 1.82) is 0 Å². The minimum atomic E-state index is -3.39. The molecule has 0 aliphatic carbocycles. The van der Waals surface area contributed by atoms with Crippen LogP contribution >= 0.6 is 11.3 Å². The molecule has 1 aliphatic rings. The van der Waals surface area contributed by atoms with Crippen molar-refractivity contribution in [2.24, 2.45) is 0 Å². The van der Waals surface area contributed by atoms with Crippen molar-refractivity contribution in [1.82, 2.24) is 9.71 Å². The summed E-state index contributed by atoms with van der Waals surface area (Å²) in [7, 11) is -3.39. The van der Waals surface area contributed by atoms with E-state index in [4.69, 9.17) is 0 Å². The summed E-state index contributed by atoms with van der Waals surface area (Å²) in [6, 6.07) is 7.56. The minimum Gasteiger partial charge on any atom is -0.357 e. The topological polar surface area (TPSA) is 62.3 Å². The average molecular weight is 337 g/mol. The smallest absolute Gasteiger partial charge is 0.250 e. The van der Waals surface area contributed by atoms with Crippen molar-refractivity contribution in [3.63, 3.8) is 0 Å². The van der Waals surface area contributed by atoms with Gasteiger partial charge in [-0.3, -0.25) is 0 Å². The van der Waals surface area contributed by atoms with Crippen molar-refractivity contribution in [3.8, 4) is 0 Å². The number of nitrogens with zero attached hydrogens (tertiary/aromatic N) is 2. The van der Waals surface area contributed by atoms with Crippen LogP contribution in [-0.2, 0) is 10.0 Å². The van der Waals surface area contributed by atoms with E-state index in [2.05, 4.69) is 14.6 Å². The number of pyridine rings is 1. The van der Waals surface area contributed by atoms with Gasteiger partial charge in [0.1, 0.15) is 10.0 Å². The number of hydrogen-bond donors (Lipinski definition) is 1. The first-order valence-electron chi connectivity index (χ1n) is 7.28. The van der Waals surface area contributed by atoms with Crippen LogP contribution in [0.2, 0.25) is 0 Å². The molecule has 0 amide bonds. The molecule has 0 bridgehead atoms. The quantitative estimate of drug-likeness (QED) is 0.930. The Morgan fingerprint density at radius 2 is 2.09 bits per heavy atom. The van der Waals surface area contributed by atoms with E-state index >= 15 is 0 Å². The van der Waals surface area contributed by atoms with Crippen molar-refractivity contribution < 1.29 is 8.42 Å². The number of thiophene rings is 1. The predicted octanol–water partition coefficient (Wildman–Crippen LogP) is 2.40. The summed E-state index contributed by atoms with van der Waals surface area (Å²) >= 11 is 1.27. The molecule has 2 aromatic rings. The third kappa shape index (κ3) is 3.48. The zero-order valence-corrected chi connectivity index (χ0v) is 14.0. The van der Waals surface area contributed by atoms with Crippen LogP contribution in [0.25, 0.3) is 0 Å². The number of aromatic nitrogens is 1. The van der Waals surface area contributed by atoms with Gasteiger partial charge in [-0.25, -0.2) is 18.1 Å². The average Bonchev–Trinajstić information content (AvgIpc) is 2.96. The van der Waals surface area contributed by atoms with E-state index in [9.17, 15) is 8.42 Å². The molecule has 1 N–H and O–H groups in total. The van der Waals surface area contributed by atoms with Crippen LogP contribution < -0.4 is 9.62 Å². The Hall–Kier alpha value is -1.44. The normalized spacial score (nSPS) is 16.9. The van der Waals surface area contributed by atoms with Gasteiger partial charge in [0.25, 0.3) is 0 Å². The molecule has 0 radical (unpaired) electrons. The van der Waals surface area contributed by atoms with Gasteiger partial charge in [-0.1, -0.05) is 6.07 Å². The molecule has 0 saturated carbocycles. The lowest BCUT2D eigenvalue weighted by atomic mass is 10.1. The lowest BCUT2D eigenvalue weighted by molar-refractivity contribution is 0.459. The molecule has 2 aromatic heterocycles. The number of rotatable bonds is 4. The third-order valence-electron chi connectivity index (χ3n) is 3.76. The summed E-state index contributed by atoms with van der Waals surface area (Å²) in [5.74, 6) is 0.956. The van der Waals surface area contributed by atoms with Crippen LogP contribution in [0.3, 0.4) is 0 Å². The van der Waals surface area contributed by atoms with Crippen molar-refractivity contribution in [2.75, 3.05) is 18.0 Å². The number of anilines is 1. The molecule has 5 nitrogen and oxygen atoms in total. The molecule has 0 spiro atoms. The maximum atomic E-state index is 12.3. The van der Waals surface area contributed by atoms with E-state index in [1.807, 2.05) is 30.5 Å². The number of aryl methyl sites for hydroxylation is 1. The van der Waals surface area contributed by atoms with Crippen LogP contribution in [0.1, 0.15) is 18.4 Å². The first-order valence-corrected chi connectivity index (χ1v) is 9.64. The summed E-state index contributed by atoms with van der Waals surface area (Å²) in [5.41, 5.74) is 0.982. The van der Waals surface area contributed by atoms with Gasteiger partial charge in [0.05, 0.1) is 0 Å². The molecule has 3 rings (SSSR count). The number of nitrogens with one attached hydrogen (secondary N) is 1. The van der Waals surface area contributed by atoms with Crippen LogP contribution in [0.15, 0.2) is 40.1 Å². The molecule has 1 saturated heterocycles. The first kappa shape index (κ1) is 15.5. The Morgan fingerprint density at radius 1 is 1.32 bits per heavy atom. The van der Waals surface area contributed by atoms with E-state index in [0.717, 1.165) is 37.3 Å². The van der Waals surface area contributed by atoms with Crippen LogP contribution in [0.4, 0.5) is 5.82 Å². The molecule has 0 atom stereocenters. The zero-order valence-electron chi connectivity index (χ0n) is 12.4. The first-order chi connectivity index (χ1) is 10.5. The van der Waals surface area contributed by atoms with Crippen molar-refractivity contribution in [2.45, 2.75) is 30.0 Å². The van der Waals surface area contributed by atoms with E-state index in [1.54, 1.807) is 12.3 Å². The molecular formula is C15H19N3O2S2. The van der Waals surface area contributed by atoms with Crippen molar-refractivity contribution in [3.05, 3.63) is 41.4 Å². The summed E-state index contributed by atoms with van der Waals surface area (Å²) in [4.78, 5) is 6.54. The Balaban J connectivity index is 1.60. The minimum absolute atomic E-state index is 0.00707. The number of sulfonamides is 1. The molecule has 0 aromatic carbocycles. The Morgan fingerprint density at radius 3 is 2.68 bits per heavy atom. The summed E-state index contributed by atoms with van der Waals surface area (Å²) in [6.07, 6.45) is 3.36. The summed E-state index contributed by atoms with van der Waals surface area (Å²) in [6.45, 7) is 3.53. The maximum Gasteiger partial charge on any atom is 0.250 e. The van der Waals surface area contributed by atoms with Crippen LogP contribution in [0.5, 0.6) is 0 Å². The second-order valence-electron chi connectivity index (χ2n) is 5.51. The Bertz CT molecular complexity index is 720. The van der Waals surface area contributed by atoms with Gasteiger partial charge in [0.15, 0.2) is 0 Å².